The molecule has 1 aromatic heterocycles. The van der Waals surface area contributed by atoms with Crippen LogP contribution in [0.5, 0.6) is 0 Å². The van der Waals surface area contributed by atoms with Crippen molar-refractivity contribution in [3.63, 3.8) is 0 Å². The summed E-state index contributed by atoms with van der Waals surface area (Å²) in [6.07, 6.45) is 0. The Labute approximate surface area is 276 Å². The quantitative estimate of drug-likeness (QED) is 0.0754. The molecular weight excluding hydrogens is 637 g/mol. The van der Waals surface area contributed by atoms with E-state index in [9.17, 15) is 29.6 Å². The number of rotatable bonds is 10. The van der Waals surface area contributed by atoms with E-state index in [1.54, 1.807) is 66.0 Å². The largest absolute Gasteiger partial charge is 0.478 e. The molecule has 10 nitrogen and oxygen atoms in total. The van der Waals surface area contributed by atoms with Gasteiger partial charge in [-0.1, -0.05) is 72.8 Å². The van der Waals surface area contributed by atoms with Crippen LogP contribution in [0.2, 0.25) is 0 Å². The first-order valence-electron chi connectivity index (χ1n) is 14.2. The van der Waals surface area contributed by atoms with Crippen LogP contribution in [0.3, 0.4) is 0 Å². The van der Waals surface area contributed by atoms with E-state index in [0.717, 1.165) is 5.56 Å². The number of fused-ring (bicyclic) bond motifs is 1. The Morgan fingerprint density at radius 1 is 0.830 bits per heavy atom. The highest BCUT2D eigenvalue weighted by atomic mass is 32.2. The van der Waals surface area contributed by atoms with Crippen LogP contribution in [0, 0.1) is 10.1 Å². The summed E-state index contributed by atoms with van der Waals surface area (Å²) >= 11 is 2.49. The minimum Gasteiger partial charge on any atom is -0.478 e. The molecule has 0 aliphatic heterocycles. The van der Waals surface area contributed by atoms with Gasteiger partial charge in [-0.05, 0) is 41.3 Å². The molecule has 5 aromatic carbocycles. The first-order valence-corrected chi connectivity index (χ1v) is 15.9. The highest BCUT2D eigenvalue weighted by molar-refractivity contribution is 8.00. The van der Waals surface area contributed by atoms with E-state index in [-0.39, 0.29) is 22.7 Å². The zero-order chi connectivity index (χ0) is 32.9. The summed E-state index contributed by atoms with van der Waals surface area (Å²) in [6, 6.07) is 32.3. The SMILES string of the molecule is O=C(O)c1cccc2cccc(C(=O)Nc3cccc(SC(C(=O)Nc4nc(-c5cccc([N+](=O)[O-])c5)cs4)c4ccccc4)c3)c12. The van der Waals surface area contributed by atoms with E-state index in [1.807, 2.05) is 36.4 Å². The van der Waals surface area contributed by atoms with Gasteiger partial charge in [-0.3, -0.25) is 19.7 Å². The summed E-state index contributed by atoms with van der Waals surface area (Å²) in [6.45, 7) is 0. The number of thiazole rings is 1. The average molecular weight is 661 g/mol. The number of anilines is 2. The van der Waals surface area contributed by atoms with Crippen LogP contribution in [-0.2, 0) is 4.79 Å². The first kappa shape index (κ1) is 31.1. The lowest BCUT2D eigenvalue weighted by molar-refractivity contribution is -0.384. The third kappa shape index (κ3) is 7.03. The number of nitro groups is 1. The van der Waals surface area contributed by atoms with E-state index >= 15 is 0 Å². The smallest absolute Gasteiger partial charge is 0.336 e. The molecule has 0 bridgehead atoms. The molecule has 0 radical (unpaired) electrons. The summed E-state index contributed by atoms with van der Waals surface area (Å²) < 4.78 is 0. The number of nitrogens with zero attached hydrogens (tertiary/aromatic N) is 2. The number of hydrogen-bond acceptors (Lipinski definition) is 8. The zero-order valence-electron chi connectivity index (χ0n) is 24.3. The molecule has 0 saturated heterocycles. The van der Waals surface area contributed by atoms with Gasteiger partial charge in [0.15, 0.2) is 5.13 Å². The van der Waals surface area contributed by atoms with Gasteiger partial charge in [0.1, 0.15) is 5.25 Å². The molecular formula is C35H24N4O6S2. The van der Waals surface area contributed by atoms with Gasteiger partial charge >= 0.3 is 5.97 Å². The number of carboxylic acid groups (broad SMARTS) is 1. The molecule has 232 valence electrons. The van der Waals surface area contributed by atoms with Gasteiger partial charge in [-0.15, -0.1) is 23.1 Å². The summed E-state index contributed by atoms with van der Waals surface area (Å²) in [7, 11) is 0. The third-order valence-corrected chi connectivity index (χ3v) is 9.16. The number of nitrogens with one attached hydrogen (secondary N) is 2. The number of amides is 2. The number of carbonyl (C=O) groups is 3. The molecule has 0 saturated carbocycles. The molecule has 6 aromatic rings. The molecule has 1 unspecified atom stereocenters. The lowest BCUT2D eigenvalue weighted by Crippen LogP contribution is -2.19. The van der Waals surface area contributed by atoms with Crippen molar-refractivity contribution in [2.75, 3.05) is 10.6 Å². The van der Waals surface area contributed by atoms with Gasteiger partial charge < -0.3 is 15.7 Å². The van der Waals surface area contributed by atoms with E-state index in [1.165, 1.54) is 41.3 Å². The second kappa shape index (κ2) is 13.6. The lowest BCUT2D eigenvalue weighted by atomic mass is 9.98. The predicted octanol–water partition coefficient (Wildman–Crippen LogP) is 8.29. The lowest BCUT2D eigenvalue weighted by Gasteiger charge is -2.17. The molecule has 47 heavy (non-hydrogen) atoms. The average Bonchev–Trinajstić information content (AvgIpc) is 3.55. The Balaban J connectivity index is 1.23. The molecule has 0 aliphatic carbocycles. The fraction of sp³-hybridized carbons (Fsp3) is 0.0286. The van der Waals surface area contributed by atoms with Crippen molar-refractivity contribution < 1.29 is 24.4 Å². The number of benzene rings is 5. The molecule has 0 aliphatic rings. The monoisotopic (exact) mass is 660 g/mol. The minimum atomic E-state index is -1.13. The number of thioether (sulfide) groups is 1. The maximum absolute atomic E-state index is 13.7. The Kier molecular flexibility index (Phi) is 9.04. The molecule has 1 heterocycles. The summed E-state index contributed by atoms with van der Waals surface area (Å²) in [5.74, 6) is -1.92. The number of hydrogen-bond donors (Lipinski definition) is 3. The third-order valence-electron chi connectivity index (χ3n) is 7.15. The topological polar surface area (TPSA) is 152 Å². The standard InChI is InChI=1S/C35H24N4O6S2/c40-32(27-16-5-10-21-11-6-17-28(30(21)27)34(42)43)36-24-13-7-15-26(19-24)47-31(22-8-2-1-3-9-22)33(41)38-35-37-29(20-46-35)23-12-4-14-25(18-23)39(44)45/h1-20,31H,(H,36,40)(H,42,43)(H,37,38,41). The zero-order valence-corrected chi connectivity index (χ0v) is 26.0. The van der Waals surface area contributed by atoms with Crippen LogP contribution in [0.1, 0.15) is 31.5 Å². The summed E-state index contributed by atoms with van der Waals surface area (Å²) in [5, 5.41) is 29.0. The van der Waals surface area contributed by atoms with Gasteiger partial charge in [0.05, 0.1) is 16.2 Å². The van der Waals surface area contributed by atoms with Gasteiger partial charge in [-0.25, -0.2) is 9.78 Å². The number of carbonyl (C=O) groups excluding carboxylic acids is 2. The van der Waals surface area contributed by atoms with Crippen molar-refractivity contribution in [2.45, 2.75) is 10.1 Å². The maximum atomic E-state index is 13.7. The molecule has 3 N–H and O–H groups in total. The van der Waals surface area contributed by atoms with Crippen LogP contribution in [0.15, 0.2) is 126 Å². The Hall–Kier alpha value is -5.85. The van der Waals surface area contributed by atoms with Crippen molar-refractivity contribution in [1.29, 1.82) is 0 Å². The number of aromatic carboxylic acids is 1. The van der Waals surface area contributed by atoms with Crippen LogP contribution < -0.4 is 10.6 Å². The van der Waals surface area contributed by atoms with Crippen molar-refractivity contribution in [3.05, 3.63) is 147 Å². The molecule has 12 heteroatoms. The highest BCUT2D eigenvalue weighted by Crippen LogP contribution is 2.38. The van der Waals surface area contributed by atoms with E-state index in [4.69, 9.17) is 0 Å². The van der Waals surface area contributed by atoms with E-state index < -0.39 is 22.0 Å². The summed E-state index contributed by atoms with van der Waals surface area (Å²) in [4.78, 5) is 54.9. The van der Waals surface area contributed by atoms with Crippen LogP contribution in [0.25, 0.3) is 22.0 Å². The molecule has 2 amide bonds. The Morgan fingerprint density at radius 3 is 2.30 bits per heavy atom. The predicted molar refractivity (Wildman–Crippen MR) is 183 cm³/mol. The van der Waals surface area contributed by atoms with Crippen LogP contribution in [0.4, 0.5) is 16.5 Å². The number of carboxylic acids is 1. The van der Waals surface area contributed by atoms with E-state index in [0.29, 0.717) is 37.7 Å². The fourth-order valence-electron chi connectivity index (χ4n) is 5.00. The fourth-order valence-corrected chi connectivity index (χ4v) is 6.81. The van der Waals surface area contributed by atoms with Crippen LogP contribution >= 0.6 is 23.1 Å². The van der Waals surface area contributed by atoms with Crippen molar-refractivity contribution >= 4 is 68.2 Å². The van der Waals surface area contributed by atoms with Gasteiger partial charge in [0, 0.05) is 44.6 Å². The highest BCUT2D eigenvalue weighted by Gasteiger charge is 2.24. The molecule has 0 fully saturated rings. The minimum absolute atomic E-state index is 0.0340. The number of non-ortho nitro benzene ring substituents is 1. The van der Waals surface area contributed by atoms with Crippen LogP contribution in [-0.4, -0.2) is 32.8 Å². The first-order chi connectivity index (χ1) is 22.8. The molecule has 0 spiro atoms. The number of aromatic nitrogens is 1. The van der Waals surface area contributed by atoms with Gasteiger partial charge in [0.2, 0.25) is 5.91 Å². The van der Waals surface area contributed by atoms with Crippen molar-refractivity contribution in [1.82, 2.24) is 4.98 Å². The van der Waals surface area contributed by atoms with Crippen molar-refractivity contribution in [2.24, 2.45) is 0 Å². The maximum Gasteiger partial charge on any atom is 0.336 e. The molecule has 6 rings (SSSR count). The Morgan fingerprint density at radius 2 is 1.55 bits per heavy atom. The second-order valence-electron chi connectivity index (χ2n) is 10.2. The van der Waals surface area contributed by atoms with Gasteiger partial charge in [-0.2, -0.15) is 0 Å². The molecule has 1 atom stereocenters. The Bertz CT molecular complexity index is 2150. The number of nitro benzene ring substituents is 1. The second-order valence-corrected chi connectivity index (χ2v) is 12.3. The normalized spacial score (nSPS) is 11.5. The van der Waals surface area contributed by atoms with Gasteiger partial charge in [0.25, 0.3) is 11.6 Å². The van der Waals surface area contributed by atoms with E-state index in [2.05, 4.69) is 15.6 Å². The van der Waals surface area contributed by atoms with Crippen molar-refractivity contribution in [3.8, 4) is 11.3 Å². The summed E-state index contributed by atoms with van der Waals surface area (Å²) in [5.41, 5.74) is 2.49.